The summed E-state index contributed by atoms with van der Waals surface area (Å²) in [5, 5.41) is 10.4. The molecule has 0 radical (unpaired) electrons. The van der Waals surface area contributed by atoms with E-state index in [9.17, 15) is 27.5 Å². The molecule has 12 heteroatoms. The number of halogens is 4. The van der Waals surface area contributed by atoms with E-state index in [0.29, 0.717) is 50.9 Å². The predicted molar refractivity (Wildman–Crippen MR) is 146 cm³/mol. The molecule has 3 atom stereocenters. The zero-order valence-electron chi connectivity index (χ0n) is 23.7. The van der Waals surface area contributed by atoms with Gasteiger partial charge in [-0.1, -0.05) is 13.0 Å². The molecule has 0 saturated carbocycles. The van der Waals surface area contributed by atoms with E-state index in [4.69, 9.17) is 0 Å². The zero-order valence-corrected chi connectivity index (χ0v) is 23.7. The number of piperazine rings is 2. The van der Waals surface area contributed by atoms with Crippen molar-refractivity contribution in [2.75, 3.05) is 63.8 Å². The lowest BCUT2D eigenvalue weighted by Gasteiger charge is -2.40. The van der Waals surface area contributed by atoms with Crippen LogP contribution in [0.3, 0.4) is 0 Å². The fourth-order valence-electron chi connectivity index (χ4n) is 6.34. The highest BCUT2D eigenvalue weighted by Gasteiger charge is 2.38. The van der Waals surface area contributed by atoms with Crippen molar-refractivity contribution < 1.29 is 27.5 Å². The van der Waals surface area contributed by atoms with Crippen LogP contribution >= 0.6 is 0 Å². The number of benzene rings is 1. The van der Waals surface area contributed by atoms with Crippen molar-refractivity contribution in [3.8, 4) is 0 Å². The molecule has 2 saturated heterocycles. The van der Waals surface area contributed by atoms with E-state index < -0.39 is 29.6 Å². The SMILES string of the molecule is CC(C)N1CCN(C[C@H](C(=O)N2CCN(c3ncnc4c3[C@H](C)C[C@H]4O)CC2)c2ccc(C(F)(F)F)c(F)c2)CC1. The van der Waals surface area contributed by atoms with E-state index in [-0.39, 0.29) is 17.4 Å². The Balaban J connectivity index is 1.33. The van der Waals surface area contributed by atoms with Gasteiger partial charge in [-0.3, -0.25) is 14.6 Å². The number of amides is 1. The number of anilines is 1. The molecule has 1 aliphatic carbocycles. The first-order valence-corrected chi connectivity index (χ1v) is 14.3. The Morgan fingerprint density at radius 2 is 1.73 bits per heavy atom. The van der Waals surface area contributed by atoms with Crippen molar-refractivity contribution >= 4 is 11.7 Å². The van der Waals surface area contributed by atoms with Crippen LogP contribution in [0.15, 0.2) is 24.5 Å². The number of aliphatic hydroxyl groups is 1. The predicted octanol–water partition coefficient (Wildman–Crippen LogP) is 3.63. The summed E-state index contributed by atoms with van der Waals surface area (Å²) < 4.78 is 54.4. The van der Waals surface area contributed by atoms with Gasteiger partial charge in [0.05, 0.1) is 23.3 Å². The van der Waals surface area contributed by atoms with Gasteiger partial charge in [0.2, 0.25) is 5.91 Å². The van der Waals surface area contributed by atoms with E-state index in [1.54, 1.807) is 4.90 Å². The first kappa shape index (κ1) is 29.7. The number of rotatable bonds is 6. The monoisotopic (exact) mass is 578 g/mol. The molecule has 3 heterocycles. The molecule has 2 aliphatic heterocycles. The quantitative estimate of drug-likeness (QED) is 0.525. The number of carbonyl (C=O) groups excluding carboxylic acids is 1. The fourth-order valence-corrected chi connectivity index (χ4v) is 6.34. The summed E-state index contributed by atoms with van der Waals surface area (Å²) in [5.41, 5.74) is 0.523. The van der Waals surface area contributed by atoms with Gasteiger partial charge in [0.1, 0.15) is 18.0 Å². The Labute approximate surface area is 238 Å². The summed E-state index contributed by atoms with van der Waals surface area (Å²) in [7, 11) is 0. The Hall–Kier alpha value is -2.83. The Morgan fingerprint density at radius 1 is 1.05 bits per heavy atom. The Bertz CT molecular complexity index is 1240. The Morgan fingerprint density at radius 3 is 2.34 bits per heavy atom. The van der Waals surface area contributed by atoms with Crippen LogP contribution in [0.4, 0.5) is 23.4 Å². The number of nitrogens with zero attached hydrogens (tertiary/aromatic N) is 6. The average Bonchev–Trinajstić information content (AvgIpc) is 3.24. The molecule has 1 aromatic heterocycles. The molecule has 8 nitrogen and oxygen atoms in total. The second-order valence-corrected chi connectivity index (χ2v) is 11.7. The summed E-state index contributed by atoms with van der Waals surface area (Å²) in [5.74, 6) is -1.48. The lowest BCUT2D eigenvalue weighted by molar-refractivity contribution is -0.140. The fraction of sp³-hybridized carbons (Fsp3) is 0.621. The number of carbonyl (C=O) groups is 1. The van der Waals surface area contributed by atoms with E-state index in [0.717, 1.165) is 49.7 Å². The maximum Gasteiger partial charge on any atom is 0.419 e. The van der Waals surface area contributed by atoms with E-state index in [1.807, 2.05) is 6.92 Å². The van der Waals surface area contributed by atoms with Crippen LogP contribution < -0.4 is 4.90 Å². The Kier molecular flexibility index (Phi) is 8.54. The summed E-state index contributed by atoms with van der Waals surface area (Å²) in [6.45, 7) is 11.5. The van der Waals surface area contributed by atoms with Crippen LogP contribution in [0.5, 0.6) is 0 Å². The van der Waals surface area contributed by atoms with Gasteiger partial charge in [0.25, 0.3) is 0 Å². The number of aliphatic hydroxyl groups excluding tert-OH is 1. The molecule has 41 heavy (non-hydrogen) atoms. The molecule has 224 valence electrons. The molecule has 2 aromatic rings. The second kappa shape index (κ2) is 11.8. The lowest BCUT2D eigenvalue weighted by atomic mass is 9.94. The van der Waals surface area contributed by atoms with E-state index in [1.165, 1.54) is 12.4 Å². The summed E-state index contributed by atoms with van der Waals surface area (Å²) >= 11 is 0. The van der Waals surface area contributed by atoms with Crippen molar-refractivity contribution in [3.63, 3.8) is 0 Å². The first-order chi connectivity index (χ1) is 19.4. The normalized spacial score (nSPS) is 23.2. The van der Waals surface area contributed by atoms with E-state index in [2.05, 4.69) is 38.5 Å². The van der Waals surface area contributed by atoms with Crippen LogP contribution in [0.25, 0.3) is 0 Å². The number of fused-ring (bicyclic) bond motifs is 1. The summed E-state index contributed by atoms with van der Waals surface area (Å²) in [6.07, 6.45) is -3.37. The summed E-state index contributed by atoms with van der Waals surface area (Å²) in [4.78, 5) is 31.0. The van der Waals surface area contributed by atoms with E-state index >= 15 is 0 Å². The van der Waals surface area contributed by atoms with Gasteiger partial charge < -0.3 is 14.9 Å². The highest BCUT2D eigenvalue weighted by molar-refractivity contribution is 5.84. The third-order valence-corrected chi connectivity index (χ3v) is 8.75. The minimum atomic E-state index is -4.81. The van der Waals surface area contributed by atoms with Gasteiger partial charge >= 0.3 is 6.18 Å². The molecular weight excluding hydrogens is 540 g/mol. The lowest BCUT2D eigenvalue weighted by Crippen LogP contribution is -2.53. The van der Waals surface area contributed by atoms with Crippen LogP contribution in [-0.4, -0.2) is 101 Å². The third-order valence-electron chi connectivity index (χ3n) is 8.75. The van der Waals surface area contributed by atoms with Gasteiger partial charge in [-0.2, -0.15) is 13.2 Å². The minimum absolute atomic E-state index is 0.117. The average molecular weight is 579 g/mol. The maximum atomic E-state index is 14.6. The van der Waals surface area contributed by atoms with Gasteiger partial charge in [-0.05, 0) is 43.9 Å². The van der Waals surface area contributed by atoms with Gasteiger partial charge in [0.15, 0.2) is 0 Å². The van der Waals surface area contributed by atoms with Crippen molar-refractivity contribution in [1.82, 2.24) is 24.7 Å². The van der Waals surface area contributed by atoms with Gasteiger partial charge in [-0.25, -0.2) is 14.4 Å². The second-order valence-electron chi connectivity index (χ2n) is 11.7. The molecule has 2 fully saturated rings. The maximum absolute atomic E-state index is 14.6. The van der Waals surface area contributed by atoms with Crippen molar-refractivity contribution in [2.24, 2.45) is 0 Å². The highest BCUT2D eigenvalue weighted by Crippen LogP contribution is 2.43. The molecular formula is C29H38F4N6O2. The first-order valence-electron chi connectivity index (χ1n) is 14.3. The number of hydrogen-bond donors (Lipinski definition) is 1. The van der Waals surface area contributed by atoms with Gasteiger partial charge in [0, 0.05) is 70.5 Å². The van der Waals surface area contributed by atoms with Crippen molar-refractivity contribution in [3.05, 3.63) is 52.7 Å². The van der Waals surface area contributed by atoms with Crippen LogP contribution in [0, 0.1) is 5.82 Å². The molecule has 1 amide bonds. The van der Waals surface area contributed by atoms with Gasteiger partial charge in [-0.15, -0.1) is 0 Å². The number of aromatic nitrogens is 2. The highest BCUT2D eigenvalue weighted by atomic mass is 19.4. The molecule has 0 unspecified atom stereocenters. The number of hydrogen-bond acceptors (Lipinski definition) is 7. The van der Waals surface area contributed by atoms with Crippen LogP contribution in [-0.2, 0) is 11.0 Å². The van der Waals surface area contributed by atoms with Crippen molar-refractivity contribution in [1.29, 1.82) is 0 Å². The van der Waals surface area contributed by atoms with Crippen LogP contribution in [0.1, 0.15) is 67.5 Å². The molecule has 1 N–H and O–H groups in total. The van der Waals surface area contributed by atoms with Crippen molar-refractivity contribution in [2.45, 2.75) is 57.3 Å². The molecule has 0 bridgehead atoms. The van der Waals surface area contributed by atoms with Crippen LogP contribution in [0.2, 0.25) is 0 Å². The molecule has 0 spiro atoms. The minimum Gasteiger partial charge on any atom is -0.387 e. The topological polar surface area (TPSA) is 76.0 Å². The molecule has 5 rings (SSSR count). The third kappa shape index (κ3) is 6.19. The summed E-state index contributed by atoms with van der Waals surface area (Å²) in [6, 6.07) is 3.26. The standard InChI is InChI=1S/C29H38F4N6O2/c1-18(2)37-8-6-36(7-9-37)16-21(20-4-5-22(23(30)15-20)29(31,32)33)28(41)39-12-10-38(11-13-39)27-25-19(3)14-24(40)26(25)34-17-35-27/h4-5,15,17-19,21,24,40H,6-14,16H2,1-3H3/t19-,21+,24-/m1/s1. The zero-order chi connectivity index (χ0) is 29.5. The smallest absolute Gasteiger partial charge is 0.387 e. The largest absolute Gasteiger partial charge is 0.419 e. The number of alkyl halides is 3. The molecule has 3 aliphatic rings. The molecule has 1 aromatic carbocycles.